The fourth-order valence-electron chi connectivity index (χ4n) is 5.08. The molecule has 1 saturated heterocycles. The van der Waals surface area contributed by atoms with Crippen molar-refractivity contribution in [2.45, 2.75) is 61.3 Å². The van der Waals surface area contributed by atoms with Crippen LogP contribution in [0.1, 0.15) is 62.2 Å². The zero-order valence-corrected chi connectivity index (χ0v) is 18.4. The van der Waals surface area contributed by atoms with Crippen LogP contribution in [0.2, 0.25) is 0 Å². The van der Waals surface area contributed by atoms with E-state index in [1.165, 1.54) is 12.5 Å². The molecule has 2 heterocycles. The van der Waals surface area contributed by atoms with E-state index in [0.29, 0.717) is 12.2 Å². The van der Waals surface area contributed by atoms with Crippen LogP contribution in [-0.4, -0.2) is 49.3 Å². The fourth-order valence-corrected chi connectivity index (χ4v) is 5.91. The Bertz CT molecular complexity index is 1010. The largest absolute Gasteiger partial charge is 0.497 e. The summed E-state index contributed by atoms with van der Waals surface area (Å²) in [6, 6.07) is 7.52. The van der Waals surface area contributed by atoms with Gasteiger partial charge in [-0.1, -0.05) is 25.0 Å². The lowest BCUT2D eigenvalue weighted by Crippen LogP contribution is -2.49. The molecule has 1 unspecified atom stereocenters. The molecule has 1 N–H and O–H groups in total. The number of aromatic nitrogens is 2. The molecule has 0 bridgehead atoms. The summed E-state index contributed by atoms with van der Waals surface area (Å²) in [6.07, 6.45) is 8.78. The Balaban J connectivity index is 1.72. The van der Waals surface area contributed by atoms with E-state index < -0.39 is 15.3 Å². The topological polar surface area (TPSA) is 92.4 Å². The Kier molecular flexibility index (Phi) is 5.61. The predicted octanol–water partition coefficient (Wildman–Crippen LogP) is 3.39. The van der Waals surface area contributed by atoms with Gasteiger partial charge >= 0.3 is 0 Å². The van der Waals surface area contributed by atoms with E-state index in [1.807, 2.05) is 29.2 Å². The first-order valence-electron chi connectivity index (χ1n) is 10.6. The minimum atomic E-state index is -3.43. The number of piperidine rings is 1. The Hall–Kier alpha value is -2.35. The molecule has 1 amide bonds. The van der Waals surface area contributed by atoms with Crippen molar-refractivity contribution < 1.29 is 17.9 Å². The maximum atomic E-state index is 14.1. The molecule has 2 aliphatic rings. The number of likely N-dealkylation sites (tertiary alicyclic amines) is 1. The molecule has 1 aromatic heterocycles. The van der Waals surface area contributed by atoms with E-state index >= 15 is 0 Å². The van der Waals surface area contributed by atoms with Crippen LogP contribution in [0.4, 0.5) is 0 Å². The van der Waals surface area contributed by atoms with E-state index in [2.05, 4.69) is 10.2 Å². The maximum absolute atomic E-state index is 14.1. The van der Waals surface area contributed by atoms with Gasteiger partial charge in [-0.05, 0) is 49.8 Å². The molecule has 30 heavy (non-hydrogen) atoms. The molecule has 2 fully saturated rings. The van der Waals surface area contributed by atoms with Crippen LogP contribution >= 0.6 is 0 Å². The summed E-state index contributed by atoms with van der Waals surface area (Å²) >= 11 is 0. The maximum Gasteiger partial charge on any atom is 0.233 e. The molecule has 0 radical (unpaired) electrons. The van der Waals surface area contributed by atoms with Crippen LogP contribution in [0.15, 0.2) is 35.4 Å². The van der Waals surface area contributed by atoms with Gasteiger partial charge in [0.2, 0.25) is 5.91 Å². The van der Waals surface area contributed by atoms with Crippen LogP contribution in [0, 0.1) is 0 Å². The van der Waals surface area contributed by atoms with Gasteiger partial charge in [-0.3, -0.25) is 9.89 Å². The third kappa shape index (κ3) is 3.62. The highest BCUT2D eigenvalue weighted by molar-refractivity contribution is 7.90. The standard InChI is InChI=1S/C22H29N3O4S/c1-29-17-10-8-16(9-11-17)22(12-4-5-13-22)21(26)25-14-6-3-7-18(25)20-19(15-23-24-20)30(2,27)28/h8-11,15,18H,3-7,12-14H2,1-2H3,(H,23,24). The summed E-state index contributed by atoms with van der Waals surface area (Å²) in [4.78, 5) is 16.2. The molecule has 8 heteroatoms. The second-order valence-corrected chi connectivity index (χ2v) is 10.4. The van der Waals surface area contributed by atoms with Crippen molar-refractivity contribution in [1.29, 1.82) is 0 Å². The molecule has 1 aliphatic heterocycles. The fraction of sp³-hybridized carbons (Fsp3) is 0.545. The Morgan fingerprint density at radius 3 is 2.50 bits per heavy atom. The molecule has 162 valence electrons. The first kappa shape index (κ1) is 20.9. The number of nitrogens with zero attached hydrogens (tertiary/aromatic N) is 2. The molecule has 7 nitrogen and oxygen atoms in total. The summed E-state index contributed by atoms with van der Waals surface area (Å²) in [5.41, 5.74) is 0.990. The lowest BCUT2D eigenvalue weighted by molar-refractivity contribution is -0.141. The number of aromatic amines is 1. The highest BCUT2D eigenvalue weighted by Crippen LogP contribution is 2.46. The van der Waals surface area contributed by atoms with Crippen LogP contribution in [-0.2, 0) is 20.0 Å². The normalized spacial score (nSPS) is 21.5. The van der Waals surface area contributed by atoms with Crippen LogP contribution in [0.3, 0.4) is 0 Å². The Morgan fingerprint density at radius 2 is 1.87 bits per heavy atom. The number of carbonyl (C=O) groups is 1. The first-order chi connectivity index (χ1) is 14.4. The van der Waals surface area contributed by atoms with Gasteiger partial charge in [0, 0.05) is 12.8 Å². The van der Waals surface area contributed by atoms with E-state index in [0.717, 1.165) is 56.3 Å². The molecule has 2 aromatic rings. The number of ether oxygens (including phenoxy) is 1. The average molecular weight is 432 g/mol. The summed E-state index contributed by atoms with van der Waals surface area (Å²) in [7, 11) is -1.80. The third-order valence-corrected chi connectivity index (χ3v) is 7.76. The van der Waals surface area contributed by atoms with Crippen molar-refractivity contribution in [1.82, 2.24) is 15.1 Å². The summed E-state index contributed by atoms with van der Waals surface area (Å²) in [5.74, 6) is 0.870. The Morgan fingerprint density at radius 1 is 1.17 bits per heavy atom. The molecular formula is C22H29N3O4S. The second kappa shape index (κ2) is 8.06. The van der Waals surface area contributed by atoms with Crippen LogP contribution in [0.5, 0.6) is 5.75 Å². The number of amides is 1. The molecule has 4 rings (SSSR count). The van der Waals surface area contributed by atoms with Gasteiger partial charge < -0.3 is 9.64 Å². The number of methoxy groups -OCH3 is 1. The molecule has 0 spiro atoms. The van der Waals surface area contributed by atoms with E-state index in [-0.39, 0.29) is 16.8 Å². The third-order valence-electron chi connectivity index (χ3n) is 6.64. The molecule has 1 saturated carbocycles. The van der Waals surface area contributed by atoms with Gasteiger partial charge in [-0.2, -0.15) is 5.10 Å². The zero-order valence-electron chi connectivity index (χ0n) is 17.6. The number of hydrogen-bond acceptors (Lipinski definition) is 5. The lowest BCUT2D eigenvalue weighted by atomic mass is 9.76. The van der Waals surface area contributed by atoms with Gasteiger partial charge in [-0.15, -0.1) is 0 Å². The van der Waals surface area contributed by atoms with Gasteiger partial charge in [0.05, 0.1) is 30.5 Å². The van der Waals surface area contributed by atoms with Gasteiger partial charge in [0.15, 0.2) is 9.84 Å². The smallest absolute Gasteiger partial charge is 0.233 e. The van der Waals surface area contributed by atoms with Crippen molar-refractivity contribution in [2.75, 3.05) is 19.9 Å². The highest BCUT2D eigenvalue weighted by Gasteiger charge is 2.47. The van der Waals surface area contributed by atoms with Gasteiger partial charge in [-0.25, -0.2) is 8.42 Å². The average Bonchev–Trinajstić information content (AvgIpc) is 3.44. The zero-order chi connectivity index (χ0) is 21.4. The van der Waals surface area contributed by atoms with Crippen LogP contribution in [0.25, 0.3) is 0 Å². The summed E-state index contributed by atoms with van der Waals surface area (Å²) in [6.45, 7) is 0.629. The number of benzene rings is 1. The number of sulfone groups is 1. The molecule has 1 aliphatic carbocycles. The van der Waals surface area contributed by atoms with Gasteiger partial charge in [0.1, 0.15) is 10.6 Å². The van der Waals surface area contributed by atoms with E-state index in [4.69, 9.17) is 4.74 Å². The van der Waals surface area contributed by atoms with Crippen molar-refractivity contribution in [3.05, 3.63) is 41.7 Å². The number of hydrogen-bond donors (Lipinski definition) is 1. The van der Waals surface area contributed by atoms with E-state index in [9.17, 15) is 13.2 Å². The second-order valence-electron chi connectivity index (χ2n) is 8.45. The quantitative estimate of drug-likeness (QED) is 0.783. The summed E-state index contributed by atoms with van der Waals surface area (Å²) in [5, 5.41) is 6.88. The van der Waals surface area contributed by atoms with Gasteiger partial charge in [0.25, 0.3) is 0 Å². The minimum Gasteiger partial charge on any atom is -0.497 e. The molecule has 1 atom stereocenters. The van der Waals surface area contributed by atoms with Crippen LogP contribution < -0.4 is 4.74 Å². The number of H-pyrrole nitrogens is 1. The minimum absolute atomic E-state index is 0.101. The van der Waals surface area contributed by atoms with Crippen molar-refractivity contribution in [2.24, 2.45) is 0 Å². The number of rotatable bonds is 5. The first-order valence-corrected chi connectivity index (χ1v) is 12.4. The monoisotopic (exact) mass is 431 g/mol. The van der Waals surface area contributed by atoms with E-state index in [1.54, 1.807) is 7.11 Å². The number of carbonyl (C=O) groups excluding carboxylic acids is 1. The van der Waals surface area contributed by atoms with Crippen molar-refractivity contribution in [3.8, 4) is 5.75 Å². The Labute approximate surface area is 177 Å². The highest BCUT2D eigenvalue weighted by atomic mass is 32.2. The van der Waals surface area contributed by atoms with Crippen molar-refractivity contribution >= 4 is 15.7 Å². The molecule has 1 aromatic carbocycles. The van der Waals surface area contributed by atoms with Crippen molar-refractivity contribution in [3.63, 3.8) is 0 Å². The predicted molar refractivity (Wildman–Crippen MR) is 113 cm³/mol. The SMILES string of the molecule is COc1ccc(C2(C(=O)N3CCCCC3c3[nH]ncc3S(C)(=O)=O)CCCC2)cc1. The molecular weight excluding hydrogens is 402 g/mol. The number of nitrogens with one attached hydrogen (secondary N) is 1. The summed E-state index contributed by atoms with van der Waals surface area (Å²) < 4.78 is 29.8. The lowest BCUT2D eigenvalue weighted by Gasteiger charge is -2.41.